The second-order valence-electron chi connectivity index (χ2n) is 6.57. The molecule has 4 atom stereocenters. The van der Waals surface area contributed by atoms with E-state index in [1.807, 2.05) is 12.4 Å². The molecular formula is C16H24N2O. The van der Waals surface area contributed by atoms with E-state index in [0.717, 1.165) is 6.61 Å². The van der Waals surface area contributed by atoms with Gasteiger partial charge in [-0.15, -0.1) is 0 Å². The highest BCUT2D eigenvalue weighted by molar-refractivity contribution is 5.17. The lowest BCUT2D eigenvalue weighted by Crippen LogP contribution is -2.69. The molecule has 0 spiro atoms. The average molecular weight is 260 g/mol. The van der Waals surface area contributed by atoms with Gasteiger partial charge in [-0.05, 0) is 37.5 Å². The lowest BCUT2D eigenvalue weighted by atomic mass is 9.55. The van der Waals surface area contributed by atoms with Crippen molar-refractivity contribution in [2.75, 3.05) is 6.61 Å². The maximum Gasteiger partial charge on any atom is 0.0684 e. The van der Waals surface area contributed by atoms with Gasteiger partial charge in [0.1, 0.15) is 0 Å². The molecule has 3 rings (SSSR count). The third-order valence-corrected chi connectivity index (χ3v) is 4.97. The van der Waals surface area contributed by atoms with E-state index < -0.39 is 0 Å². The number of nitrogens with one attached hydrogen (secondary N) is 1. The van der Waals surface area contributed by atoms with Crippen molar-refractivity contribution in [1.29, 1.82) is 0 Å². The molecule has 4 unspecified atom stereocenters. The van der Waals surface area contributed by atoms with Gasteiger partial charge in [0, 0.05) is 42.4 Å². The number of aromatic nitrogens is 1. The molecule has 1 aromatic rings. The van der Waals surface area contributed by atoms with Crippen molar-refractivity contribution in [2.24, 2.45) is 11.3 Å². The van der Waals surface area contributed by atoms with Crippen LogP contribution in [0.2, 0.25) is 0 Å². The van der Waals surface area contributed by atoms with E-state index in [0.29, 0.717) is 24.1 Å². The number of rotatable bonds is 3. The molecule has 3 heteroatoms. The third kappa shape index (κ3) is 2.19. The molecule has 0 radical (unpaired) electrons. The summed E-state index contributed by atoms with van der Waals surface area (Å²) in [5, 5.41) is 3.81. The van der Waals surface area contributed by atoms with Gasteiger partial charge in [-0.3, -0.25) is 4.98 Å². The Morgan fingerprint density at radius 1 is 1.37 bits per heavy atom. The van der Waals surface area contributed by atoms with Gasteiger partial charge in [-0.1, -0.05) is 13.8 Å². The first-order chi connectivity index (χ1) is 9.10. The van der Waals surface area contributed by atoms with Crippen LogP contribution in [-0.4, -0.2) is 23.7 Å². The van der Waals surface area contributed by atoms with E-state index in [2.05, 4.69) is 43.2 Å². The summed E-state index contributed by atoms with van der Waals surface area (Å²) in [6.07, 6.45) is 6.69. The maximum absolute atomic E-state index is 5.96. The van der Waals surface area contributed by atoms with Crippen LogP contribution in [0.3, 0.4) is 0 Å². The molecule has 1 saturated carbocycles. The minimum atomic E-state index is 0.242. The van der Waals surface area contributed by atoms with Gasteiger partial charge < -0.3 is 10.1 Å². The van der Waals surface area contributed by atoms with Gasteiger partial charge >= 0.3 is 0 Å². The second-order valence-corrected chi connectivity index (χ2v) is 6.57. The third-order valence-electron chi connectivity index (χ3n) is 4.97. The number of pyridine rings is 1. The minimum absolute atomic E-state index is 0.242. The predicted molar refractivity (Wildman–Crippen MR) is 75.8 cm³/mol. The molecule has 2 fully saturated rings. The standard InChI is InChI=1S/C16H24N2O/c1-11(12-6-8-17-9-7-12)18-14-13-5-4-10-19-15(13)16(14,2)3/h6-9,11,13-15,18H,4-5,10H2,1-3H3. The van der Waals surface area contributed by atoms with Gasteiger partial charge in [-0.25, -0.2) is 0 Å². The molecule has 1 aliphatic heterocycles. The highest BCUT2D eigenvalue weighted by atomic mass is 16.5. The minimum Gasteiger partial charge on any atom is -0.377 e. The lowest BCUT2D eigenvalue weighted by molar-refractivity contribution is -0.194. The van der Waals surface area contributed by atoms with Crippen molar-refractivity contribution in [2.45, 2.75) is 51.8 Å². The predicted octanol–water partition coefficient (Wildman–Crippen LogP) is 2.94. The van der Waals surface area contributed by atoms with Crippen LogP contribution >= 0.6 is 0 Å². The lowest BCUT2D eigenvalue weighted by Gasteiger charge is -2.60. The number of ether oxygens (including phenoxy) is 1. The largest absolute Gasteiger partial charge is 0.377 e. The summed E-state index contributed by atoms with van der Waals surface area (Å²) < 4.78 is 5.96. The Morgan fingerprint density at radius 2 is 2.11 bits per heavy atom. The first-order valence-corrected chi connectivity index (χ1v) is 7.38. The zero-order chi connectivity index (χ0) is 13.5. The van der Waals surface area contributed by atoms with E-state index in [1.54, 1.807) is 0 Å². The molecule has 1 N–H and O–H groups in total. The van der Waals surface area contributed by atoms with E-state index in [-0.39, 0.29) is 5.41 Å². The smallest absolute Gasteiger partial charge is 0.0684 e. The second kappa shape index (κ2) is 4.88. The Hall–Kier alpha value is -0.930. The van der Waals surface area contributed by atoms with Crippen LogP contribution < -0.4 is 5.32 Å². The molecule has 1 saturated heterocycles. The number of nitrogens with zero attached hydrogens (tertiary/aromatic N) is 1. The summed E-state index contributed by atoms with van der Waals surface area (Å²) >= 11 is 0. The highest BCUT2D eigenvalue weighted by Crippen LogP contribution is 2.51. The van der Waals surface area contributed by atoms with Crippen LogP contribution in [-0.2, 0) is 4.74 Å². The van der Waals surface area contributed by atoms with E-state index in [9.17, 15) is 0 Å². The first kappa shape index (κ1) is 13.1. The fourth-order valence-electron chi connectivity index (χ4n) is 3.88. The van der Waals surface area contributed by atoms with E-state index in [4.69, 9.17) is 4.74 Å². The van der Waals surface area contributed by atoms with Crippen LogP contribution in [0.1, 0.15) is 45.2 Å². The Balaban J connectivity index is 1.69. The van der Waals surface area contributed by atoms with Crippen molar-refractivity contribution >= 4 is 0 Å². The fraction of sp³-hybridized carbons (Fsp3) is 0.688. The molecule has 0 bridgehead atoms. The molecule has 1 aliphatic carbocycles. The number of fused-ring (bicyclic) bond motifs is 1. The molecule has 2 aliphatic rings. The van der Waals surface area contributed by atoms with Crippen LogP contribution in [0.15, 0.2) is 24.5 Å². The Morgan fingerprint density at radius 3 is 2.84 bits per heavy atom. The van der Waals surface area contributed by atoms with Crippen molar-refractivity contribution < 1.29 is 4.74 Å². The molecule has 1 aromatic heterocycles. The van der Waals surface area contributed by atoms with Gasteiger partial charge in [0.2, 0.25) is 0 Å². The zero-order valence-corrected chi connectivity index (χ0v) is 12.1. The van der Waals surface area contributed by atoms with Gasteiger partial charge in [0.15, 0.2) is 0 Å². The molecule has 19 heavy (non-hydrogen) atoms. The van der Waals surface area contributed by atoms with Crippen molar-refractivity contribution in [1.82, 2.24) is 10.3 Å². The molecule has 0 aromatic carbocycles. The van der Waals surface area contributed by atoms with Crippen LogP contribution in [0, 0.1) is 11.3 Å². The quantitative estimate of drug-likeness (QED) is 0.907. The number of hydrogen-bond donors (Lipinski definition) is 1. The van der Waals surface area contributed by atoms with E-state index in [1.165, 1.54) is 18.4 Å². The molecule has 0 amide bonds. The summed E-state index contributed by atoms with van der Waals surface area (Å²) in [5.74, 6) is 0.688. The summed E-state index contributed by atoms with van der Waals surface area (Å²) in [4.78, 5) is 4.09. The van der Waals surface area contributed by atoms with Crippen LogP contribution in [0.5, 0.6) is 0 Å². The number of hydrogen-bond acceptors (Lipinski definition) is 3. The van der Waals surface area contributed by atoms with Crippen molar-refractivity contribution in [3.8, 4) is 0 Å². The monoisotopic (exact) mass is 260 g/mol. The fourth-order valence-corrected chi connectivity index (χ4v) is 3.88. The first-order valence-electron chi connectivity index (χ1n) is 7.38. The van der Waals surface area contributed by atoms with Crippen LogP contribution in [0.4, 0.5) is 0 Å². The average Bonchev–Trinajstić information content (AvgIpc) is 2.45. The van der Waals surface area contributed by atoms with Gasteiger partial charge in [0.25, 0.3) is 0 Å². The Kier molecular flexibility index (Phi) is 3.35. The van der Waals surface area contributed by atoms with Crippen LogP contribution in [0.25, 0.3) is 0 Å². The summed E-state index contributed by atoms with van der Waals surface area (Å²) in [6, 6.07) is 5.12. The molecular weight excluding hydrogens is 236 g/mol. The molecule has 2 heterocycles. The summed E-state index contributed by atoms with van der Waals surface area (Å²) in [5.41, 5.74) is 1.55. The zero-order valence-electron chi connectivity index (χ0n) is 12.1. The van der Waals surface area contributed by atoms with Gasteiger partial charge in [0.05, 0.1) is 6.10 Å². The molecule has 3 nitrogen and oxygen atoms in total. The normalized spacial score (nSPS) is 34.2. The SMILES string of the molecule is CC(NC1C2CCCOC2C1(C)C)c1ccncc1. The Labute approximate surface area is 115 Å². The maximum atomic E-state index is 5.96. The molecule has 104 valence electrons. The summed E-state index contributed by atoms with van der Waals surface area (Å²) in [7, 11) is 0. The Bertz CT molecular complexity index is 432. The van der Waals surface area contributed by atoms with Gasteiger partial charge in [-0.2, -0.15) is 0 Å². The van der Waals surface area contributed by atoms with Crippen molar-refractivity contribution in [3.05, 3.63) is 30.1 Å². The van der Waals surface area contributed by atoms with Crippen molar-refractivity contribution in [3.63, 3.8) is 0 Å². The topological polar surface area (TPSA) is 34.1 Å². The van der Waals surface area contributed by atoms with E-state index >= 15 is 0 Å². The highest BCUT2D eigenvalue weighted by Gasteiger charge is 2.57. The summed E-state index contributed by atoms with van der Waals surface area (Å²) in [6.45, 7) is 7.84.